The Morgan fingerprint density at radius 1 is 1.32 bits per heavy atom. The van der Waals surface area contributed by atoms with Gasteiger partial charge in [-0.1, -0.05) is 20.8 Å². The maximum atomic E-state index is 11.6. The summed E-state index contributed by atoms with van der Waals surface area (Å²) in [5.41, 5.74) is -0.900. The first-order valence-corrected chi connectivity index (χ1v) is 6.60. The minimum Gasteiger partial charge on any atom is -0.396 e. The fraction of sp³-hybridized carbons (Fsp3) is 0.846. The zero-order valence-electron chi connectivity index (χ0n) is 12.2. The van der Waals surface area contributed by atoms with Crippen LogP contribution in [0, 0.1) is 5.41 Å². The number of rotatable bonds is 8. The van der Waals surface area contributed by atoms with Crippen LogP contribution in [-0.4, -0.2) is 47.3 Å². The van der Waals surface area contributed by atoms with E-state index in [-0.39, 0.29) is 31.5 Å². The predicted octanol–water partition coefficient (Wildman–Crippen LogP) is -0.213. The summed E-state index contributed by atoms with van der Waals surface area (Å²) in [6.07, 6.45) is -0.278. The average molecular weight is 274 g/mol. The third kappa shape index (κ3) is 6.54. The number of aliphatic hydroxyl groups excluding tert-OH is 2. The topological polar surface area (TPSA) is 98.7 Å². The number of hydrogen-bond donors (Lipinski definition) is 4. The summed E-state index contributed by atoms with van der Waals surface area (Å²) in [7, 11) is 0. The molecule has 0 saturated heterocycles. The highest BCUT2D eigenvalue weighted by molar-refractivity contribution is 5.82. The third-order valence-electron chi connectivity index (χ3n) is 3.07. The molecule has 0 rings (SSSR count). The van der Waals surface area contributed by atoms with Crippen LogP contribution in [0.2, 0.25) is 0 Å². The van der Waals surface area contributed by atoms with Crippen molar-refractivity contribution in [1.29, 1.82) is 0 Å². The van der Waals surface area contributed by atoms with Crippen molar-refractivity contribution < 1.29 is 19.8 Å². The number of amides is 2. The number of carbonyl (C=O) groups excluding carboxylic acids is 2. The molecule has 112 valence electrons. The van der Waals surface area contributed by atoms with E-state index >= 15 is 0 Å². The molecule has 0 fully saturated rings. The second-order valence-electron chi connectivity index (χ2n) is 5.47. The molecule has 0 aliphatic heterocycles. The largest absolute Gasteiger partial charge is 0.396 e. The van der Waals surface area contributed by atoms with Gasteiger partial charge in [0.2, 0.25) is 11.8 Å². The summed E-state index contributed by atoms with van der Waals surface area (Å²) < 4.78 is 0. The molecular weight excluding hydrogens is 248 g/mol. The molecule has 4 N–H and O–H groups in total. The molecule has 0 aromatic carbocycles. The Morgan fingerprint density at radius 2 is 1.89 bits per heavy atom. The molecule has 0 saturated carbocycles. The smallest absolute Gasteiger partial charge is 0.249 e. The van der Waals surface area contributed by atoms with E-state index in [1.54, 1.807) is 13.8 Å². The van der Waals surface area contributed by atoms with Crippen LogP contribution >= 0.6 is 0 Å². The maximum Gasteiger partial charge on any atom is 0.249 e. The summed E-state index contributed by atoms with van der Waals surface area (Å²) in [6, 6.07) is 0.113. The SMILES string of the molecule is CCC(C)NC(=O)CCNC(=O)[C@H](O)C(C)(C)CO. The molecule has 2 amide bonds. The van der Waals surface area contributed by atoms with Crippen molar-refractivity contribution in [2.45, 2.75) is 52.7 Å². The standard InChI is InChI=1S/C13H26N2O4/c1-5-9(2)15-10(17)6-7-14-12(19)11(18)13(3,4)8-16/h9,11,16,18H,5-8H2,1-4H3,(H,14,19)(H,15,17)/t9?,11-/m0/s1. The fourth-order valence-corrected chi connectivity index (χ4v) is 1.29. The second kappa shape index (κ2) is 8.12. The fourth-order valence-electron chi connectivity index (χ4n) is 1.29. The Kier molecular flexibility index (Phi) is 7.63. The van der Waals surface area contributed by atoms with Gasteiger partial charge in [0.25, 0.3) is 0 Å². The van der Waals surface area contributed by atoms with Gasteiger partial charge in [0.1, 0.15) is 6.10 Å². The monoisotopic (exact) mass is 274 g/mol. The number of hydrogen-bond acceptors (Lipinski definition) is 4. The van der Waals surface area contributed by atoms with Crippen molar-refractivity contribution in [3.8, 4) is 0 Å². The molecule has 0 aliphatic carbocycles. The van der Waals surface area contributed by atoms with Crippen molar-refractivity contribution in [1.82, 2.24) is 10.6 Å². The van der Waals surface area contributed by atoms with Crippen molar-refractivity contribution in [2.75, 3.05) is 13.2 Å². The van der Waals surface area contributed by atoms with Crippen LogP contribution in [0.5, 0.6) is 0 Å². The Bertz CT molecular complexity index is 305. The number of carbonyl (C=O) groups is 2. The van der Waals surface area contributed by atoms with Gasteiger partial charge in [-0.15, -0.1) is 0 Å². The highest BCUT2D eigenvalue weighted by atomic mass is 16.3. The molecular formula is C13H26N2O4. The predicted molar refractivity (Wildman–Crippen MR) is 72.4 cm³/mol. The van der Waals surface area contributed by atoms with Crippen LogP contribution in [0.25, 0.3) is 0 Å². The summed E-state index contributed by atoms with van der Waals surface area (Å²) in [5, 5.41) is 24.0. The highest BCUT2D eigenvalue weighted by Crippen LogP contribution is 2.19. The number of nitrogens with one attached hydrogen (secondary N) is 2. The van der Waals surface area contributed by atoms with Gasteiger partial charge in [-0.3, -0.25) is 9.59 Å². The average Bonchev–Trinajstić information content (AvgIpc) is 2.37. The molecule has 2 atom stereocenters. The van der Waals surface area contributed by atoms with Gasteiger partial charge in [-0.05, 0) is 13.3 Å². The van der Waals surface area contributed by atoms with E-state index in [1.807, 2.05) is 13.8 Å². The lowest BCUT2D eigenvalue weighted by Crippen LogP contribution is -2.46. The van der Waals surface area contributed by atoms with Gasteiger partial charge in [0.05, 0.1) is 6.61 Å². The van der Waals surface area contributed by atoms with E-state index in [0.29, 0.717) is 0 Å². The van der Waals surface area contributed by atoms with Crippen LogP contribution in [0.15, 0.2) is 0 Å². The first kappa shape index (κ1) is 17.9. The molecule has 0 bridgehead atoms. The zero-order chi connectivity index (χ0) is 15.1. The maximum absolute atomic E-state index is 11.6. The second-order valence-corrected chi connectivity index (χ2v) is 5.47. The minimum absolute atomic E-state index is 0.113. The molecule has 6 heteroatoms. The molecule has 0 aliphatic rings. The lowest BCUT2D eigenvalue weighted by molar-refractivity contribution is -0.137. The van der Waals surface area contributed by atoms with Crippen molar-refractivity contribution in [2.24, 2.45) is 5.41 Å². The van der Waals surface area contributed by atoms with Gasteiger partial charge in [0.15, 0.2) is 0 Å². The van der Waals surface area contributed by atoms with E-state index in [2.05, 4.69) is 10.6 Å². The van der Waals surface area contributed by atoms with Crippen LogP contribution in [0.1, 0.15) is 40.5 Å². The first-order chi connectivity index (χ1) is 8.74. The quantitative estimate of drug-likeness (QED) is 0.492. The summed E-state index contributed by atoms with van der Waals surface area (Å²) in [4.78, 5) is 23.1. The van der Waals surface area contributed by atoms with E-state index < -0.39 is 17.4 Å². The Balaban J connectivity index is 4.02. The molecule has 0 aromatic heterocycles. The van der Waals surface area contributed by atoms with Crippen molar-refractivity contribution in [3.63, 3.8) is 0 Å². The summed E-state index contributed by atoms with van der Waals surface area (Å²) in [5.74, 6) is -0.707. The summed E-state index contributed by atoms with van der Waals surface area (Å²) in [6.45, 7) is 6.93. The molecule has 0 aromatic rings. The molecule has 6 nitrogen and oxygen atoms in total. The van der Waals surface area contributed by atoms with E-state index in [4.69, 9.17) is 5.11 Å². The molecule has 19 heavy (non-hydrogen) atoms. The highest BCUT2D eigenvalue weighted by Gasteiger charge is 2.32. The summed E-state index contributed by atoms with van der Waals surface area (Å²) >= 11 is 0. The normalized spacial score (nSPS) is 14.6. The Morgan fingerprint density at radius 3 is 2.37 bits per heavy atom. The molecule has 0 radical (unpaired) electrons. The van der Waals surface area contributed by atoms with E-state index in [9.17, 15) is 14.7 Å². The van der Waals surface area contributed by atoms with Crippen LogP contribution in [0.4, 0.5) is 0 Å². The van der Waals surface area contributed by atoms with Gasteiger partial charge < -0.3 is 20.8 Å². The van der Waals surface area contributed by atoms with Gasteiger partial charge in [-0.25, -0.2) is 0 Å². The van der Waals surface area contributed by atoms with Gasteiger partial charge in [-0.2, -0.15) is 0 Å². The van der Waals surface area contributed by atoms with Crippen LogP contribution < -0.4 is 10.6 Å². The Hall–Kier alpha value is -1.14. The first-order valence-electron chi connectivity index (χ1n) is 6.60. The lowest BCUT2D eigenvalue weighted by Gasteiger charge is -2.27. The lowest BCUT2D eigenvalue weighted by atomic mass is 9.87. The van der Waals surface area contributed by atoms with Crippen molar-refractivity contribution in [3.05, 3.63) is 0 Å². The van der Waals surface area contributed by atoms with E-state index in [1.165, 1.54) is 0 Å². The van der Waals surface area contributed by atoms with E-state index in [0.717, 1.165) is 6.42 Å². The minimum atomic E-state index is -1.30. The third-order valence-corrected chi connectivity index (χ3v) is 3.07. The van der Waals surface area contributed by atoms with Gasteiger partial charge in [0, 0.05) is 24.4 Å². The number of aliphatic hydroxyl groups is 2. The van der Waals surface area contributed by atoms with Crippen LogP contribution in [0.3, 0.4) is 0 Å². The zero-order valence-corrected chi connectivity index (χ0v) is 12.2. The Labute approximate surface area is 114 Å². The molecule has 0 spiro atoms. The molecule has 0 heterocycles. The van der Waals surface area contributed by atoms with Crippen molar-refractivity contribution >= 4 is 11.8 Å². The van der Waals surface area contributed by atoms with Crippen LogP contribution in [-0.2, 0) is 9.59 Å². The van der Waals surface area contributed by atoms with Gasteiger partial charge >= 0.3 is 0 Å². The molecule has 1 unspecified atom stereocenters.